The van der Waals surface area contributed by atoms with Crippen molar-refractivity contribution in [1.82, 2.24) is 4.90 Å². The molecule has 7 nitrogen and oxygen atoms in total. The predicted octanol–water partition coefficient (Wildman–Crippen LogP) is 0.610. The van der Waals surface area contributed by atoms with E-state index in [-0.39, 0.29) is 24.3 Å². The van der Waals surface area contributed by atoms with Gasteiger partial charge in [-0.25, -0.2) is 9.59 Å². The number of ether oxygens (including phenoxy) is 1. The molecule has 1 atom stereocenters. The number of carbonyl (C=O) groups is 2. The second-order valence-electron chi connectivity index (χ2n) is 4.43. The molecule has 3 N–H and O–H groups in total. The zero-order valence-electron chi connectivity index (χ0n) is 10.8. The van der Waals surface area contributed by atoms with E-state index in [1.165, 1.54) is 24.3 Å². The third-order valence-corrected chi connectivity index (χ3v) is 3.01. The number of benzene rings is 1. The van der Waals surface area contributed by atoms with Gasteiger partial charge in [-0.1, -0.05) is 0 Å². The van der Waals surface area contributed by atoms with E-state index in [2.05, 4.69) is 5.32 Å². The number of carboxylic acid groups (broad SMARTS) is 1. The highest BCUT2D eigenvalue weighted by Gasteiger charge is 2.23. The van der Waals surface area contributed by atoms with Crippen LogP contribution in [0.1, 0.15) is 10.4 Å². The van der Waals surface area contributed by atoms with Crippen LogP contribution >= 0.6 is 0 Å². The molecule has 0 bridgehead atoms. The van der Waals surface area contributed by atoms with Crippen molar-refractivity contribution in [2.24, 2.45) is 0 Å². The Morgan fingerprint density at radius 1 is 1.35 bits per heavy atom. The summed E-state index contributed by atoms with van der Waals surface area (Å²) in [5, 5.41) is 20.5. The van der Waals surface area contributed by atoms with E-state index in [0.29, 0.717) is 25.4 Å². The van der Waals surface area contributed by atoms with Crippen LogP contribution < -0.4 is 5.32 Å². The Bertz CT molecular complexity index is 488. The van der Waals surface area contributed by atoms with Gasteiger partial charge in [0.25, 0.3) is 0 Å². The third kappa shape index (κ3) is 3.46. The van der Waals surface area contributed by atoms with Crippen molar-refractivity contribution in [2.45, 2.75) is 6.10 Å². The number of hydrogen-bond donors (Lipinski definition) is 3. The van der Waals surface area contributed by atoms with E-state index in [1.807, 2.05) is 0 Å². The first-order chi connectivity index (χ1) is 9.60. The first kappa shape index (κ1) is 14.3. The molecule has 1 heterocycles. The fourth-order valence-corrected chi connectivity index (χ4v) is 1.91. The molecule has 0 aromatic heterocycles. The minimum atomic E-state index is -1.01. The number of aliphatic hydroxyl groups is 1. The van der Waals surface area contributed by atoms with Crippen molar-refractivity contribution in [2.75, 3.05) is 31.6 Å². The highest BCUT2D eigenvalue weighted by molar-refractivity contribution is 5.91. The third-order valence-electron chi connectivity index (χ3n) is 3.01. The van der Waals surface area contributed by atoms with Crippen LogP contribution in [0.25, 0.3) is 0 Å². The number of aromatic carboxylic acids is 1. The van der Waals surface area contributed by atoms with E-state index in [0.717, 1.165) is 0 Å². The van der Waals surface area contributed by atoms with Gasteiger partial charge >= 0.3 is 12.0 Å². The summed E-state index contributed by atoms with van der Waals surface area (Å²) >= 11 is 0. The van der Waals surface area contributed by atoms with Gasteiger partial charge in [-0.3, -0.25) is 0 Å². The number of nitrogens with one attached hydrogen (secondary N) is 1. The molecule has 0 radical (unpaired) electrons. The summed E-state index contributed by atoms with van der Waals surface area (Å²) < 4.78 is 5.26. The lowest BCUT2D eigenvalue weighted by Crippen LogP contribution is -2.48. The van der Waals surface area contributed by atoms with Gasteiger partial charge in [-0.2, -0.15) is 0 Å². The SMILES string of the molecule is O=C(O)c1ccc(NC(=O)N2CCOC(CO)C2)cc1. The summed E-state index contributed by atoms with van der Waals surface area (Å²) in [6.45, 7) is 1.04. The number of morpholine rings is 1. The molecule has 1 unspecified atom stereocenters. The molecule has 20 heavy (non-hydrogen) atoms. The maximum atomic E-state index is 12.0. The number of carboxylic acids is 1. The number of urea groups is 1. The second kappa shape index (κ2) is 6.36. The molecule has 1 fully saturated rings. The summed E-state index contributed by atoms with van der Waals surface area (Å²) in [4.78, 5) is 24.3. The topological polar surface area (TPSA) is 99.1 Å². The Kier molecular flexibility index (Phi) is 4.54. The highest BCUT2D eigenvalue weighted by Crippen LogP contribution is 2.12. The molecule has 2 amide bonds. The van der Waals surface area contributed by atoms with Crippen LogP contribution in [0.4, 0.5) is 10.5 Å². The van der Waals surface area contributed by atoms with Crippen molar-refractivity contribution in [3.8, 4) is 0 Å². The summed E-state index contributed by atoms with van der Waals surface area (Å²) in [7, 11) is 0. The van der Waals surface area contributed by atoms with E-state index >= 15 is 0 Å². The quantitative estimate of drug-likeness (QED) is 0.753. The first-order valence-electron chi connectivity index (χ1n) is 6.22. The van der Waals surface area contributed by atoms with Gasteiger partial charge in [-0.05, 0) is 24.3 Å². The van der Waals surface area contributed by atoms with Crippen LogP contribution in [0, 0.1) is 0 Å². The van der Waals surface area contributed by atoms with Crippen LogP contribution in [-0.4, -0.2) is 59.5 Å². The van der Waals surface area contributed by atoms with Gasteiger partial charge in [0, 0.05) is 12.2 Å². The number of amides is 2. The smallest absolute Gasteiger partial charge is 0.335 e. The monoisotopic (exact) mass is 280 g/mol. The van der Waals surface area contributed by atoms with E-state index in [4.69, 9.17) is 14.9 Å². The largest absolute Gasteiger partial charge is 0.478 e. The number of hydrogen-bond acceptors (Lipinski definition) is 4. The van der Waals surface area contributed by atoms with Gasteiger partial charge in [-0.15, -0.1) is 0 Å². The molecular weight excluding hydrogens is 264 g/mol. The molecule has 7 heteroatoms. The molecule has 1 saturated heterocycles. The number of aliphatic hydroxyl groups excluding tert-OH is 1. The number of anilines is 1. The average Bonchev–Trinajstić information content (AvgIpc) is 2.47. The minimum absolute atomic E-state index is 0.128. The van der Waals surface area contributed by atoms with E-state index < -0.39 is 5.97 Å². The normalized spacial score (nSPS) is 18.6. The van der Waals surface area contributed by atoms with Crippen molar-refractivity contribution < 1.29 is 24.5 Å². The fraction of sp³-hybridized carbons (Fsp3) is 0.385. The lowest BCUT2D eigenvalue weighted by Gasteiger charge is -2.32. The Morgan fingerprint density at radius 2 is 2.05 bits per heavy atom. The number of nitrogens with zero attached hydrogens (tertiary/aromatic N) is 1. The predicted molar refractivity (Wildman–Crippen MR) is 70.8 cm³/mol. The molecule has 1 aromatic rings. The number of carbonyl (C=O) groups excluding carboxylic acids is 1. The maximum Gasteiger partial charge on any atom is 0.335 e. The Morgan fingerprint density at radius 3 is 2.65 bits per heavy atom. The van der Waals surface area contributed by atoms with Gasteiger partial charge in [0.15, 0.2) is 0 Å². The fourth-order valence-electron chi connectivity index (χ4n) is 1.91. The van der Waals surface area contributed by atoms with E-state index in [9.17, 15) is 9.59 Å². The Hall–Kier alpha value is -2.12. The van der Waals surface area contributed by atoms with Crippen LogP contribution in [0.5, 0.6) is 0 Å². The molecule has 1 aromatic carbocycles. The maximum absolute atomic E-state index is 12.0. The van der Waals surface area contributed by atoms with Crippen molar-refractivity contribution in [1.29, 1.82) is 0 Å². The van der Waals surface area contributed by atoms with E-state index in [1.54, 1.807) is 4.90 Å². The molecule has 1 aliphatic heterocycles. The summed E-state index contributed by atoms with van der Waals surface area (Å²) in [6.07, 6.45) is -0.358. The van der Waals surface area contributed by atoms with Crippen LogP contribution in [0.2, 0.25) is 0 Å². The van der Waals surface area contributed by atoms with Crippen LogP contribution in [0.15, 0.2) is 24.3 Å². The molecule has 0 aliphatic carbocycles. The minimum Gasteiger partial charge on any atom is -0.478 e. The molecule has 1 aliphatic rings. The zero-order chi connectivity index (χ0) is 14.5. The Balaban J connectivity index is 1.95. The summed E-state index contributed by atoms with van der Waals surface area (Å²) in [5.74, 6) is -1.01. The first-order valence-corrected chi connectivity index (χ1v) is 6.22. The molecule has 108 valence electrons. The molecule has 2 rings (SSSR count). The molecule has 0 saturated carbocycles. The summed E-state index contributed by atoms with van der Waals surface area (Å²) in [6, 6.07) is 5.62. The lowest BCUT2D eigenvalue weighted by molar-refractivity contribution is -0.0388. The van der Waals surface area contributed by atoms with Crippen molar-refractivity contribution in [3.63, 3.8) is 0 Å². The van der Waals surface area contributed by atoms with Gasteiger partial charge in [0.1, 0.15) is 0 Å². The van der Waals surface area contributed by atoms with Gasteiger partial charge in [0.05, 0.1) is 31.4 Å². The van der Waals surface area contributed by atoms with Crippen LogP contribution in [0.3, 0.4) is 0 Å². The van der Waals surface area contributed by atoms with Gasteiger partial charge in [0.2, 0.25) is 0 Å². The highest BCUT2D eigenvalue weighted by atomic mass is 16.5. The summed E-state index contributed by atoms with van der Waals surface area (Å²) in [5.41, 5.74) is 0.682. The average molecular weight is 280 g/mol. The lowest BCUT2D eigenvalue weighted by atomic mass is 10.2. The van der Waals surface area contributed by atoms with Crippen LogP contribution in [-0.2, 0) is 4.74 Å². The Labute approximate surface area is 115 Å². The molecular formula is C13H16N2O5. The van der Waals surface area contributed by atoms with Crippen molar-refractivity contribution >= 4 is 17.7 Å². The number of rotatable bonds is 3. The molecule has 0 spiro atoms. The standard InChI is InChI=1S/C13H16N2O5/c16-8-11-7-15(5-6-20-11)13(19)14-10-3-1-9(2-4-10)12(17)18/h1-4,11,16H,5-8H2,(H,14,19)(H,17,18). The second-order valence-corrected chi connectivity index (χ2v) is 4.43. The zero-order valence-corrected chi connectivity index (χ0v) is 10.8. The van der Waals surface area contributed by atoms with Crippen molar-refractivity contribution in [3.05, 3.63) is 29.8 Å². The van der Waals surface area contributed by atoms with Gasteiger partial charge < -0.3 is 25.2 Å².